The molecule has 0 aliphatic carbocycles. The fourth-order valence-corrected chi connectivity index (χ4v) is 1.28. The van der Waals surface area contributed by atoms with Crippen LogP contribution in [0.4, 0.5) is 26.3 Å². The quantitative estimate of drug-likeness (QED) is 0.371. The Hall–Kier alpha value is -0.620. The second kappa shape index (κ2) is 3.75. The summed E-state index contributed by atoms with van der Waals surface area (Å²) in [5, 5.41) is -2.98. The normalized spacial score (nSPS) is 12.0. The molecule has 0 nitrogen and oxygen atoms in total. The van der Waals surface area contributed by atoms with Crippen molar-refractivity contribution in [2.75, 3.05) is 0 Å². The van der Waals surface area contributed by atoms with Crippen LogP contribution in [0.5, 0.6) is 0 Å². The van der Waals surface area contributed by atoms with Crippen LogP contribution in [0.15, 0.2) is 0 Å². The molecule has 0 unspecified atom stereocenters. The first-order valence-corrected chi connectivity index (χ1v) is 4.02. The van der Waals surface area contributed by atoms with E-state index < -0.39 is 39.2 Å². The van der Waals surface area contributed by atoms with Crippen molar-refractivity contribution in [2.24, 2.45) is 0 Å². The number of halogens is 8. The van der Waals surface area contributed by atoms with Gasteiger partial charge in [0.05, 0.1) is 0 Å². The van der Waals surface area contributed by atoms with Gasteiger partial charge in [-0.05, 0) is 0 Å². The average Bonchev–Trinajstić information content (AvgIpc) is 2.09. The van der Waals surface area contributed by atoms with E-state index in [9.17, 15) is 26.3 Å². The fraction of sp³-hybridized carbons (Fsp3) is 0.143. The highest BCUT2D eigenvalue weighted by atomic mass is 35.5. The summed E-state index contributed by atoms with van der Waals surface area (Å²) < 4.78 is 74.6. The van der Waals surface area contributed by atoms with Gasteiger partial charge in [-0.1, -0.05) is 23.2 Å². The molecule has 0 aromatic heterocycles. The van der Waals surface area contributed by atoms with Crippen molar-refractivity contribution in [1.29, 1.82) is 0 Å². The number of hydrogen-bond donors (Lipinski definition) is 0. The molecule has 0 aliphatic rings. The molecule has 0 spiro atoms. The second-order valence-corrected chi connectivity index (χ2v) is 3.20. The van der Waals surface area contributed by atoms with Gasteiger partial charge in [0.2, 0.25) is 0 Å². The van der Waals surface area contributed by atoms with Crippen LogP contribution in [0.1, 0.15) is 5.56 Å². The molecule has 0 saturated heterocycles. The molecule has 0 bridgehead atoms. The summed E-state index contributed by atoms with van der Waals surface area (Å²) in [5.41, 5.74) is -2.31. The zero-order valence-electron chi connectivity index (χ0n) is 6.52. The highest BCUT2D eigenvalue weighted by Crippen LogP contribution is 2.40. The molecular formula is C7Cl2F6. The minimum atomic E-state index is -5.34. The molecule has 0 amide bonds. The Morgan fingerprint density at radius 2 is 1.07 bits per heavy atom. The maximum absolute atomic E-state index is 12.8. The Morgan fingerprint density at radius 3 is 1.33 bits per heavy atom. The van der Waals surface area contributed by atoms with Gasteiger partial charge in [-0.3, -0.25) is 0 Å². The summed E-state index contributed by atoms with van der Waals surface area (Å²) in [6.45, 7) is 0. The lowest BCUT2D eigenvalue weighted by Crippen LogP contribution is -2.13. The van der Waals surface area contributed by atoms with Crippen LogP contribution in [0.3, 0.4) is 0 Å². The van der Waals surface area contributed by atoms with E-state index in [0.29, 0.717) is 0 Å². The third kappa shape index (κ3) is 2.01. The summed E-state index contributed by atoms with van der Waals surface area (Å²) in [4.78, 5) is 0. The van der Waals surface area contributed by atoms with E-state index >= 15 is 0 Å². The summed E-state index contributed by atoms with van der Waals surface area (Å²) in [6.07, 6.45) is -5.34. The lowest BCUT2D eigenvalue weighted by molar-refractivity contribution is -0.142. The maximum Gasteiger partial charge on any atom is 0.422 e. The van der Waals surface area contributed by atoms with Crippen molar-refractivity contribution in [2.45, 2.75) is 6.18 Å². The van der Waals surface area contributed by atoms with E-state index in [2.05, 4.69) is 0 Å². The Labute approximate surface area is 89.4 Å². The minimum absolute atomic E-state index is 1.49. The Morgan fingerprint density at radius 1 is 0.733 bits per heavy atom. The zero-order valence-corrected chi connectivity index (χ0v) is 8.04. The minimum Gasteiger partial charge on any atom is -0.204 e. The van der Waals surface area contributed by atoms with E-state index in [1.807, 2.05) is 0 Å². The van der Waals surface area contributed by atoms with Crippen molar-refractivity contribution < 1.29 is 26.3 Å². The van der Waals surface area contributed by atoms with E-state index in [0.717, 1.165) is 0 Å². The first-order valence-electron chi connectivity index (χ1n) is 3.26. The molecule has 15 heavy (non-hydrogen) atoms. The van der Waals surface area contributed by atoms with Gasteiger partial charge < -0.3 is 0 Å². The lowest BCUT2D eigenvalue weighted by atomic mass is 10.2. The topological polar surface area (TPSA) is 0 Å². The number of alkyl halides is 3. The van der Waals surface area contributed by atoms with Gasteiger partial charge in [-0.25, -0.2) is 13.2 Å². The predicted octanol–water partition coefficient (Wildman–Crippen LogP) is 4.43. The van der Waals surface area contributed by atoms with Gasteiger partial charge in [-0.15, -0.1) is 0 Å². The van der Waals surface area contributed by atoms with Crippen molar-refractivity contribution in [3.8, 4) is 0 Å². The van der Waals surface area contributed by atoms with Gasteiger partial charge in [0, 0.05) is 0 Å². The predicted molar refractivity (Wildman–Crippen MR) is 41.3 cm³/mol. The van der Waals surface area contributed by atoms with Crippen LogP contribution in [0.25, 0.3) is 0 Å². The van der Waals surface area contributed by atoms with Crippen LogP contribution in [-0.4, -0.2) is 0 Å². The Bertz CT molecular complexity index is 382. The van der Waals surface area contributed by atoms with Crippen molar-refractivity contribution in [3.63, 3.8) is 0 Å². The van der Waals surface area contributed by atoms with E-state index in [4.69, 9.17) is 23.2 Å². The van der Waals surface area contributed by atoms with Gasteiger partial charge in [0.25, 0.3) is 0 Å². The zero-order chi connectivity index (χ0) is 12.0. The smallest absolute Gasteiger partial charge is 0.204 e. The largest absolute Gasteiger partial charge is 0.422 e. The molecule has 0 saturated carbocycles. The first-order chi connectivity index (χ1) is 6.68. The summed E-state index contributed by atoms with van der Waals surface area (Å²) in [5.74, 6) is -6.20. The highest BCUT2D eigenvalue weighted by Gasteiger charge is 2.41. The average molecular weight is 269 g/mol. The third-order valence-corrected chi connectivity index (χ3v) is 2.16. The number of hydrogen-bond acceptors (Lipinski definition) is 0. The van der Waals surface area contributed by atoms with Crippen LogP contribution in [0.2, 0.25) is 10.0 Å². The van der Waals surface area contributed by atoms with E-state index in [1.165, 1.54) is 0 Å². The number of rotatable bonds is 0. The second-order valence-electron chi connectivity index (χ2n) is 2.44. The molecule has 8 heteroatoms. The molecular weight excluding hydrogens is 269 g/mol. The van der Waals surface area contributed by atoms with Gasteiger partial charge in [0.15, 0.2) is 17.5 Å². The van der Waals surface area contributed by atoms with Crippen molar-refractivity contribution >= 4 is 23.2 Å². The van der Waals surface area contributed by atoms with Crippen LogP contribution in [0, 0.1) is 17.5 Å². The summed E-state index contributed by atoms with van der Waals surface area (Å²) in [6, 6.07) is 0. The molecule has 1 aromatic rings. The van der Waals surface area contributed by atoms with E-state index in [1.54, 1.807) is 0 Å². The summed E-state index contributed by atoms with van der Waals surface area (Å²) in [7, 11) is 0. The standard InChI is InChI=1S/C7Cl2F6/c8-2-4(10)1(7(13,14)15)5(11)3(9)6(2)12. The SMILES string of the molecule is Fc1c(Cl)c(F)c(C(F)(F)F)c(F)c1Cl. The molecule has 1 aromatic carbocycles. The van der Waals surface area contributed by atoms with E-state index in [-0.39, 0.29) is 0 Å². The monoisotopic (exact) mass is 268 g/mol. The lowest BCUT2D eigenvalue weighted by Gasteiger charge is -2.11. The molecule has 0 N–H and O–H groups in total. The van der Waals surface area contributed by atoms with Gasteiger partial charge in [0.1, 0.15) is 15.6 Å². The molecule has 0 heterocycles. The Balaban J connectivity index is 3.68. The van der Waals surface area contributed by atoms with Crippen LogP contribution in [-0.2, 0) is 6.18 Å². The van der Waals surface area contributed by atoms with Crippen LogP contribution < -0.4 is 0 Å². The molecule has 1 rings (SSSR count). The molecule has 0 radical (unpaired) electrons. The Kier molecular flexibility index (Phi) is 3.11. The van der Waals surface area contributed by atoms with Crippen LogP contribution >= 0.6 is 23.2 Å². The maximum atomic E-state index is 12.8. The fourth-order valence-electron chi connectivity index (χ4n) is 0.854. The molecule has 0 fully saturated rings. The molecule has 84 valence electrons. The first kappa shape index (κ1) is 12.4. The van der Waals surface area contributed by atoms with Crippen molar-refractivity contribution in [3.05, 3.63) is 33.1 Å². The van der Waals surface area contributed by atoms with Crippen molar-refractivity contribution in [1.82, 2.24) is 0 Å². The summed E-state index contributed by atoms with van der Waals surface area (Å²) >= 11 is 9.73. The molecule has 0 atom stereocenters. The third-order valence-electron chi connectivity index (χ3n) is 1.49. The molecule has 0 aliphatic heterocycles. The highest BCUT2D eigenvalue weighted by molar-refractivity contribution is 6.35. The van der Waals surface area contributed by atoms with Gasteiger partial charge in [-0.2, -0.15) is 13.2 Å². The van der Waals surface area contributed by atoms with Gasteiger partial charge >= 0.3 is 6.18 Å². The number of benzene rings is 1.